The molecule has 1 aromatic rings. The highest BCUT2D eigenvalue weighted by molar-refractivity contribution is 5.79. The molecule has 0 bridgehead atoms. The summed E-state index contributed by atoms with van der Waals surface area (Å²) in [6.45, 7) is 4.21. The van der Waals surface area contributed by atoms with E-state index in [4.69, 9.17) is 14.0 Å². The van der Waals surface area contributed by atoms with E-state index < -0.39 is 6.10 Å². The molecule has 0 unspecified atom stereocenters. The van der Waals surface area contributed by atoms with E-state index in [0.717, 1.165) is 11.3 Å². The van der Waals surface area contributed by atoms with E-state index in [1.165, 1.54) is 0 Å². The maximum absolute atomic E-state index is 12.1. The Labute approximate surface area is 116 Å². The minimum Gasteiger partial charge on any atom is -0.388 e. The highest BCUT2D eigenvalue weighted by Gasteiger charge is 2.47. The van der Waals surface area contributed by atoms with E-state index in [0.29, 0.717) is 12.4 Å². The van der Waals surface area contributed by atoms with Gasteiger partial charge in [0.05, 0.1) is 31.4 Å². The zero-order valence-corrected chi connectivity index (χ0v) is 11.5. The van der Waals surface area contributed by atoms with Gasteiger partial charge >= 0.3 is 0 Å². The van der Waals surface area contributed by atoms with Crippen LogP contribution in [0.4, 0.5) is 0 Å². The first-order chi connectivity index (χ1) is 9.56. The molecule has 1 amide bonds. The van der Waals surface area contributed by atoms with Crippen molar-refractivity contribution in [3.63, 3.8) is 0 Å². The van der Waals surface area contributed by atoms with Crippen LogP contribution in [0.5, 0.6) is 0 Å². The van der Waals surface area contributed by atoms with E-state index >= 15 is 0 Å². The van der Waals surface area contributed by atoms with Crippen molar-refractivity contribution in [2.45, 2.75) is 44.6 Å². The average molecular weight is 282 g/mol. The van der Waals surface area contributed by atoms with Gasteiger partial charge in [-0.05, 0) is 13.8 Å². The number of aromatic nitrogens is 1. The normalized spacial score (nSPS) is 32.4. The lowest BCUT2D eigenvalue weighted by Crippen LogP contribution is -2.44. The largest absolute Gasteiger partial charge is 0.388 e. The van der Waals surface area contributed by atoms with Gasteiger partial charge in [0, 0.05) is 5.56 Å². The molecule has 3 heterocycles. The smallest absolute Gasteiger partial charge is 0.225 e. The lowest BCUT2D eigenvalue weighted by atomic mass is 10.1. The van der Waals surface area contributed by atoms with E-state index in [2.05, 4.69) is 10.5 Å². The van der Waals surface area contributed by atoms with Crippen molar-refractivity contribution >= 4 is 5.91 Å². The third kappa shape index (κ3) is 2.32. The van der Waals surface area contributed by atoms with Gasteiger partial charge in [0.15, 0.2) is 0 Å². The van der Waals surface area contributed by atoms with Crippen molar-refractivity contribution < 1.29 is 23.9 Å². The number of aryl methyl sites for hydroxylation is 2. The van der Waals surface area contributed by atoms with Crippen molar-refractivity contribution in [3.05, 3.63) is 17.0 Å². The number of carbonyl (C=O) groups excluding carboxylic acids is 1. The molecule has 110 valence electrons. The van der Waals surface area contributed by atoms with Crippen molar-refractivity contribution in [2.24, 2.45) is 0 Å². The van der Waals surface area contributed by atoms with E-state index in [9.17, 15) is 9.90 Å². The van der Waals surface area contributed by atoms with Gasteiger partial charge in [0.2, 0.25) is 5.91 Å². The van der Waals surface area contributed by atoms with Gasteiger partial charge in [0.25, 0.3) is 0 Å². The number of hydrogen-bond acceptors (Lipinski definition) is 6. The van der Waals surface area contributed by atoms with Crippen LogP contribution in [-0.4, -0.2) is 53.7 Å². The molecule has 0 aromatic carbocycles. The summed E-state index contributed by atoms with van der Waals surface area (Å²) >= 11 is 0. The Balaban J connectivity index is 1.60. The minimum atomic E-state index is -0.607. The molecule has 2 aliphatic rings. The number of ether oxygens (including phenoxy) is 2. The fourth-order valence-electron chi connectivity index (χ4n) is 2.78. The van der Waals surface area contributed by atoms with Crippen LogP contribution in [0.3, 0.4) is 0 Å². The Hall–Kier alpha value is -1.44. The van der Waals surface area contributed by atoms with E-state index in [1.54, 1.807) is 6.92 Å². The molecule has 0 saturated carbocycles. The standard InChI is InChI=1S/C13H18N2O5/c1-6-8(7(2)20-15-6)3-11(17)14-9-4-18-13-10(16)5-19-12(9)13/h9-10,12-13,16H,3-5H2,1-2H3,(H,14,17)/t9-,10-,12+,13+/m0/s1. The molecule has 2 N–H and O–H groups in total. The van der Waals surface area contributed by atoms with Gasteiger partial charge in [-0.25, -0.2) is 0 Å². The first-order valence-corrected chi connectivity index (χ1v) is 6.68. The molecule has 3 rings (SSSR count). The van der Waals surface area contributed by atoms with E-state index in [-0.39, 0.29) is 37.2 Å². The monoisotopic (exact) mass is 282 g/mol. The maximum atomic E-state index is 12.1. The van der Waals surface area contributed by atoms with Crippen LogP contribution in [0.2, 0.25) is 0 Å². The Kier molecular flexibility index (Phi) is 3.49. The van der Waals surface area contributed by atoms with Crippen LogP contribution in [0, 0.1) is 13.8 Å². The summed E-state index contributed by atoms with van der Waals surface area (Å²) in [6, 6.07) is -0.217. The second-order valence-corrected chi connectivity index (χ2v) is 5.32. The quantitative estimate of drug-likeness (QED) is 0.774. The Morgan fingerprint density at radius 3 is 2.80 bits per heavy atom. The molecular formula is C13H18N2O5. The number of aliphatic hydroxyl groups excluding tert-OH is 1. The van der Waals surface area contributed by atoms with Crippen LogP contribution < -0.4 is 5.32 Å². The summed E-state index contributed by atoms with van der Waals surface area (Å²) < 4.78 is 16.0. The van der Waals surface area contributed by atoms with E-state index in [1.807, 2.05) is 6.92 Å². The molecule has 0 radical (unpaired) electrons. The molecule has 2 aliphatic heterocycles. The molecule has 20 heavy (non-hydrogen) atoms. The summed E-state index contributed by atoms with van der Waals surface area (Å²) in [5.41, 5.74) is 1.54. The van der Waals surface area contributed by atoms with Crippen LogP contribution in [0.25, 0.3) is 0 Å². The first-order valence-electron chi connectivity index (χ1n) is 6.68. The predicted octanol–water partition coefficient (Wildman–Crippen LogP) is -0.523. The number of nitrogens with one attached hydrogen (secondary N) is 1. The first kappa shape index (κ1) is 13.5. The van der Waals surface area contributed by atoms with Gasteiger partial charge in [0.1, 0.15) is 24.1 Å². The Morgan fingerprint density at radius 1 is 1.35 bits per heavy atom. The number of nitrogens with zero attached hydrogens (tertiary/aromatic N) is 1. The van der Waals surface area contributed by atoms with Gasteiger partial charge < -0.3 is 24.4 Å². The number of hydrogen-bond donors (Lipinski definition) is 2. The van der Waals surface area contributed by atoms with Gasteiger partial charge in [-0.2, -0.15) is 0 Å². The summed E-state index contributed by atoms with van der Waals surface area (Å²) in [5.74, 6) is 0.532. The summed E-state index contributed by atoms with van der Waals surface area (Å²) in [4.78, 5) is 12.1. The third-order valence-electron chi connectivity index (χ3n) is 3.89. The number of rotatable bonds is 3. The lowest BCUT2D eigenvalue weighted by molar-refractivity contribution is -0.121. The van der Waals surface area contributed by atoms with Crippen LogP contribution in [0.15, 0.2) is 4.52 Å². The fourth-order valence-corrected chi connectivity index (χ4v) is 2.78. The van der Waals surface area contributed by atoms with Gasteiger partial charge in [-0.15, -0.1) is 0 Å². The van der Waals surface area contributed by atoms with Crippen molar-refractivity contribution in [1.82, 2.24) is 10.5 Å². The number of aliphatic hydroxyl groups is 1. The molecule has 2 saturated heterocycles. The van der Waals surface area contributed by atoms with Crippen LogP contribution >= 0.6 is 0 Å². The second kappa shape index (κ2) is 5.16. The maximum Gasteiger partial charge on any atom is 0.225 e. The highest BCUT2D eigenvalue weighted by Crippen LogP contribution is 2.27. The topological polar surface area (TPSA) is 93.8 Å². The zero-order valence-electron chi connectivity index (χ0n) is 11.5. The molecule has 0 aliphatic carbocycles. The molecule has 0 spiro atoms. The van der Waals surface area contributed by atoms with Crippen molar-refractivity contribution in [1.29, 1.82) is 0 Å². The fraction of sp³-hybridized carbons (Fsp3) is 0.692. The predicted molar refractivity (Wildman–Crippen MR) is 67.1 cm³/mol. The van der Waals surface area contributed by atoms with Gasteiger partial charge in [-0.1, -0.05) is 5.16 Å². The third-order valence-corrected chi connectivity index (χ3v) is 3.89. The molecule has 7 heteroatoms. The molecular weight excluding hydrogens is 264 g/mol. The zero-order chi connectivity index (χ0) is 14.3. The Bertz CT molecular complexity index is 495. The molecule has 1 aromatic heterocycles. The van der Waals surface area contributed by atoms with Crippen molar-refractivity contribution in [2.75, 3.05) is 13.2 Å². The van der Waals surface area contributed by atoms with Gasteiger partial charge in [-0.3, -0.25) is 4.79 Å². The number of carbonyl (C=O) groups is 1. The number of amides is 1. The molecule has 2 fully saturated rings. The van der Waals surface area contributed by atoms with Crippen LogP contribution in [0.1, 0.15) is 17.0 Å². The Morgan fingerprint density at radius 2 is 2.10 bits per heavy atom. The summed E-state index contributed by atoms with van der Waals surface area (Å²) in [5, 5.41) is 16.4. The van der Waals surface area contributed by atoms with Crippen LogP contribution in [-0.2, 0) is 20.7 Å². The SMILES string of the molecule is Cc1noc(C)c1CC(=O)N[C@H]1CO[C@H]2[C@@H]1OC[C@@H]2O. The lowest BCUT2D eigenvalue weighted by Gasteiger charge is -2.17. The number of fused-ring (bicyclic) bond motifs is 1. The highest BCUT2D eigenvalue weighted by atomic mass is 16.6. The average Bonchev–Trinajstić information content (AvgIpc) is 3.05. The second-order valence-electron chi connectivity index (χ2n) is 5.32. The summed E-state index contributed by atoms with van der Waals surface area (Å²) in [6.07, 6.45) is -0.986. The molecule has 7 nitrogen and oxygen atoms in total. The van der Waals surface area contributed by atoms with Crippen molar-refractivity contribution in [3.8, 4) is 0 Å². The summed E-state index contributed by atoms with van der Waals surface area (Å²) in [7, 11) is 0. The molecule has 4 atom stereocenters. The minimum absolute atomic E-state index is 0.126.